The molecule has 0 saturated heterocycles. The van der Waals surface area contributed by atoms with E-state index < -0.39 is 108 Å². The lowest BCUT2D eigenvalue weighted by Crippen LogP contribution is -2.43. The average Bonchev–Trinajstić information content (AvgIpc) is 3.66. The van der Waals surface area contributed by atoms with Crippen molar-refractivity contribution in [3.8, 4) is 0 Å². The molecule has 0 radical (unpaired) electrons. The fraction of sp³-hybridized carbons (Fsp3) is 0.793. The minimum atomic E-state index is -1.47. The van der Waals surface area contributed by atoms with Crippen molar-refractivity contribution in [1.82, 2.24) is 26.6 Å². The fourth-order valence-electron chi connectivity index (χ4n) is 8.65. The van der Waals surface area contributed by atoms with Crippen LogP contribution in [0.15, 0.2) is 0 Å². The third-order valence-electron chi connectivity index (χ3n) is 13.8. The Kier molecular flexibility index (Phi) is 47.4. The number of ether oxygens (including phenoxy) is 4. The Bertz CT molecular complexity index is 2000. The second kappa shape index (κ2) is 51.1. The number of nitrogens with one attached hydrogen (secondary N) is 5. The van der Waals surface area contributed by atoms with Crippen molar-refractivity contribution in [3.05, 3.63) is 0 Å². The predicted molar refractivity (Wildman–Crippen MR) is 311 cm³/mol. The van der Waals surface area contributed by atoms with Gasteiger partial charge < -0.3 is 76.2 Å². The normalized spacial score (nSPS) is 13.3. The first-order valence-corrected chi connectivity index (χ1v) is 30.1. The van der Waals surface area contributed by atoms with Gasteiger partial charge in [0.15, 0.2) is 0 Å². The minimum Gasteiger partial charge on any atom is -0.481 e. The number of aliphatic hydroxyl groups is 1. The van der Waals surface area contributed by atoms with Crippen LogP contribution in [-0.4, -0.2) is 192 Å². The fourth-order valence-corrected chi connectivity index (χ4v) is 8.65. The quantitative estimate of drug-likeness (QED) is 0.0380. The van der Waals surface area contributed by atoms with E-state index in [-0.39, 0.29) is 138 Å². The summed E-state index contributed by atoms with van der Waals surface area (Å²) in [5, 5.41) is 68.9. The zero-order valence-electron chi connectivity index (χ0n) is 50.0. The molecule has 85 heavy (non-hydrogen) atoms. The molecule has 0 aromatic heterocycles. The molecule has 0 fully saturated rings. The third kappa shape index (κ3) is 46.8. The third-order valence-corrected chi connectivity index (χ3v) is 13.8. The number of carbonyl (C=O) groups is 12. The van der Waals surface area contributed by atoms with Crippen LogP contribution in [0.3, 0.4) is 0 Å². The van der Waals surface area contributed by atoms with E-state index in [0.29, 0.717) is 25.7 Å². The van der Waals surface area contributed by atoms with E-state index in [1.165, 1.54) is 39.0 Å². The SMILES string of the molecule is C[C@H](O)[C@@H](CC(=O)[C@@H](C)CCCCNC(=O)CC[C@H](CC(=O)CC[C@@H](NC(=O)COCCOCCNC(=O)COCCOCCNC(=O)CC[C@H](NC(=O)CCCCCCCCCCCCCCCCC(=O)O)C(=O)O)C(=O)O)C(=O)O)C(=O)O.[HH].[HH]. The van der Waals surface area contributed by atoms with Gasteiger partial charge in [0.1, 0.15) is 36.9 Å². The van der Waals surface area contributed by atoms with Crippen molar-refractivity contribution in [2.24, 2.45) is 17.8 Å². The molecule has 0 aliphatic carbocycles. The molecule has 0 rings (SSSR count). The Labute approximate surface area is 501 Å². The lowest BCUT2D eigenvalue weighted by atomic mass is 9.89. The number of unbranched alkanes of at least 4 members (excludes halogenated alkanes) is 14. The summed E-state index contributed by atoms with van der Waals surface area (Å²) >= 11 is 0. The number of carbonyl (C=O) groups excluding carboxylic acids is 7. The topological polar surface area (TPSA) is 423 Å². The standard InChI is InChI=1S/C58H99N5O22.2H2/c1-41(48(66)38-45(42(2)64)56(76)77)19-17-18-28-59-49(67)26-22-43(55(74)75)37-44(65)23-24-46(57(78)79)63-53(71)40-85-36-34-83-32-30-61-52(70)39-84-35-33-82-31-29-60-50(68)27-25-47(58(80)81)62-51(69)20-15-13-11-9-7-5-3-4-6-8-10-12-14-16-21-54(72)73;;/h41-43,45-47,64H,3-40H2,1-2H3,(H,59,67)(H,60,68)(H,61,70)(H,62,69)(H,63,71)(H,72,73)(H,74,75)(H,76,77)(H,78,79)(H,80,81);2*1H/t41-,42-,43+,45+,46+,47-;;/m0../s1. The van der Waals surface area contributed by atoms with E-state index in [4.69, 9.17) is 24.1 Å². The molecule has 0 aromatic rings. The first-order valence-electron chi connectivity index (χ1n) is 30.1. The average molecular weight is 1220 g/mol. The molecule has 0 heterocycles. The van der Waals surface area contributed by atoms with Gasteiger partial charge in [0, 0.05) is 73.4 Å². The second-order valence-corrected chi connectivity index (χ2v) is 21.3. The van der Waals surface area contributed by atoms with Crippen molar-refractivity contribution in [2.45, 2.75) is 205 Å². The smallest absolute Gasteiger partial charge is 0.326 e. The van der Waals surface area contributed by atoms with Crippen LogP contribution in [0.2, 0.25) is 0 Å². The summed E-state index contributed by atoms with van der Waals surface area (Å²) in [5.41, 5.74) is 0. The zero-order chi connectivity index (χ0) is 63.6. The maximum atomic E-state index is 12.6. The Morgan fingerprint density at radius 2 is 0.824 bits per heavy atom. The van der Waals surface area contributed by atoms with Crippen LogP contribution in [0.4, 0.5) is 0 Å². The first kappa shape index (κ1) is 78.8. The Hall–Kier alpha value is -6.16. The highest BCUT2D eigenvalue weighted by Crippen LogP contribution is 2.19. The van der Waals surface area contributed by atoms with Gasteiger partial charge in [-0.05, 0) is 51.9 Å². The van der Waals surface area contributed by atoms with Crippen LogP contribution < -0.4 is 26.6 Å². The molecule has 492 valence electrons. The molecule has 0 unspecified atom stereocenters. The molecule has 0 aromatic carbocycles. The lowest BCUT2D eigenvalue weighted by molar-refractivity contribution is -0.148. The number of aliphatic hydroxyl groups excluding tert-OH is 1. The number of hydrogen-bond acceptors (Lipinski definition) is 17. The highest BCUT2D eigenvalue weighted by Gasteiger charge is 2.29. The van der Waals surface area contributed by atoms with E-state index in [1.807, 2.05) is 0 Å². The van der Waals surface area contributed by atoms with E-state index in [2.05, 4.69) is 26.6 Å². The molecule has 6 atom stereocenters. The lowest BCUT2D eigenvalue weighted by Gasteiger charge is -2.17. The highest BCUT2D eigenvalue weighted by molar-refractivity contribution is 5.88. The monoisotopic (exact) mass is 1220 g/mol. The molecule has 11 N–H and O–H groups in total. The van der Waals surface area contributed by atoms with Crippen LogP contribution in [0.5, 0.6) is 0 Å². The van der Waals surface area contributed by atoms with E-state index in [0.717, 1.165) is 51.4 Å². The predicted octanol–water partition coefficient (Wildman–Crippen LogP) is 4.21. The summed E-state index contributed by atoms with van der Waals surface area (Å²) in [5.74, 6) is -12.1. The number of hydrogen-bond donors (Lipinski definition) is 11. The summed E-state index contributed by atoms with van der Waals surface area (Å²) in [6.45, 7) is 3.12. The van der Waals surface area contributed by atoms with Gasteiger partial charge in [-0.1, -0.05) is 90.4 Å². The second-order valence-electron chi connectivity index (χ2n) is 21.3. The van der Waals surface area contributed by atoms with E-state index in [1.54, 1.807) is 6.92 Å². The summed E-state index contributed by atoms with van der Waals surface area (Å²) < 4.78 is 21.2. The molecular weight excluding hydrogens is 1120 g/mol. The molecule has 0 saturated carbocycles. The van der Waals surface area contributed by atoms with E-state index >= 15 is 0 Å². The summed E-state index contributed by atoms with van der Waals surface area (Å²) in [7, 11) is 0. The van der Waals surface area contributed by atoms with E-state index in [9.17, 15) is 83.1 Å². The van der Waals surface area contributed by atoms with Crippen molar-refractivity contribution in [3.63, 3.8) is 0 Å². The van der Waals surface area contributed by atoms with Gasteiger partial charge >= 0.3 is 29.8 Å². The molecule has 5 amide bonds. The number of Topliss-reactive ketones (excluding diaryl/α,β-unsaturated/α-hetero) is 2. The summed E-state index contributed by atoms with van der Waals surface area (Å²) in [6.07, 6.45) is 13.5. The molecule has 0 bridgehead atoms. The van der Waals surface area contributed by atoms with Gasteiger partial charge in [0.25, 0.3) is 0 Å². The maximum Gasteiger partial charge on any atom is 0.326 e. The number of aliphatic carboxylic acids is 5. The molecule has 0 spiro atoms. The van der Waals surface area contributed by atoms with Crippen molar-refractivity contribution < 1.29 is 110 Å². The molecule has 27 heteroatoms. The van der Waals surface area contributed by atoms with Crippen LogP contribution >= 0.6 is 0 Å². The van der Waals surface area contributed by atoms with Crippen LogP contribution in [-0.2, 0) is 76.5 Å². The van der Waals surface area contributed by atoms with Gasteiger partial charge in [-0.2, -0.15) is 0 Å². The Morgan fingerprint density at radius 3 is 1.31 bits per heavy atom. The number of amides is 5. The van der Waals surface area contributed by atoms with Crippen LogP contribution in [0, 0.1) is 17.8 Å². The maximum absolute atomic E-state index is 12.6. The molecule has 27 nitrogen and oxygen atoms in total. The van der Waals surface area contributed by atoms with Gasteiger partial charge in [0.05, 0.1) is 57.6 Å². The highest BCUT2D eigenvalue weighted by atomic mass is 16.5. The zero-order valence-corrected chi connectivity index (χ0v) is 50.0. The van der Waals surface area contributed by atoms with Crippen molar-refractivity contribution >= 4 is 70.9 Å². The van der Waals surface area contributed by atoms with Crippen molar-refractivity contribution in [2.75, 3.05) is 72.5 Å². The van der Waals surface area contributed by atoms with Gasteiger partial charge in [-0.15, -0.1) is 0 Å². The van der Waals surface area contributed by atoms with Crippen molar-refractivity contribution in [1.29, 1.82) is 0 Å². The van der Waals surface area contributed by atoms with Gasteiger partial charge in [-0.3, -0.25) is 47.9 Å². The number of carboxylic acids is 5. The Morgan fingerprint density at radius 1 is 0.388 bits per heavy atom. The van der Waals surface area contributed by atoms with Gasteiger partial charge in [-0.25, -0.2) is 9.59 Å². The number of rotatable bonds is 59. The van der Waals surface area contributed by atoms with Crippen LogP contribution in [0.1, 0.15) is 190 Å². The minimum absolute atomic E-state index is 0. The first-order chi connectivity index (χ1) is 40.5. The summed E-state index contributed by atoms with van der Waals surface area (Å²) in [6, 6.07) is -2.66. The molecule has 0 aliphatic rings. The van der Waals surface area contributed by atoms with Crippen LogP contribution in [0.25, 0.3) is 0 Å². The largest absolute Gasteiger partial charge is 0.481 e. The Balaban J connectivity index is -0.0000353. The number of ketones is 2. The van der Waals surface area contributed by atoms with Gasteiger partial charge in [0.2, 0.25) is 29.5 Å². The summed E-state index contributed by atoms with van der Waals surface area (Å²) in [4.78, 5) is 144. The number of carboxylic acid groups (broad SMARTS) is 5. The molecular formula is C58H103N5O22. The molecule has 0 aliphatic heterocycles.